The van der Waals surface area contributed by atoms with Crippen LogP contribution in [0.5, 0.6) is 0 Å². The van der Waals surface area contributed by atoms with Crippen LogP contribution in [0.1, 0.15) is 42.6 Å². The number of carbonyl (C=O) groups excluding carboxylic acids is 1. The van der Waals surface area contributed by atoms with Crippen LogP contribution < -0.4 is 5.32 Å². The number of rotatable bonds is 4. The predicted molar refractivity (Wildman–Crippen MR) is 79.6 cm³/mol. The Labute approximate surface area is 128 Å². The molecule has 116 valence electrons. The smallest absolute Gasteiger partial charge is 0.229 e. The van der Waals surface area contributed by atoms with E-state index < -0.39 is 0 Å². The predicted octanol–water partition coefficient (Wildman–Crippen LogP) is 2.64. The lowest BCUT2D eigenvalue weighted by molar-refractivity contribution is -0.117. The van der Waals surface area contributed by atoms with Gasteiger partial charge in [0.15, 0.2) is 5.82 Å². The van der Waals surface area contributed by atoms with Gasteiger partial charge in [0, 0.05) is 42.7 Å². The van der Waals surface area contributed by atoms with E-state index in [0.29, 0.717) is 11.7 Å². The fourth-order valence-corrected chi connectivity index (χ4v) is 3.14. The number of anilines is 1. The number of amides is 1. The first-order valence-electron chi connectivity index (χ1n) is 7.78. The van der Waals surface area contributed by atoms with Crippen molar-refractivity contribution in [1.82, 2.24) is 10.2 Å². The highest BCUT2D eigenvalue weighted by Crippen LogP contribution is 2.48. The van der Waals surface area contributed by atoms with Crippen LogP contribution in [0.2, 0.25) is 0 Å². The maximum absolute atomic E-state index is 12.2. The number of aromatic amines is 1. The average molecular weight is 301 g/mol. The highest BCUT2D eigenvalue weighted by atomic mass is 16.5. The van der Waals surface area contributed by atoms with Gasteiger partial charge in [0.05, 0.1) is 6.26 Å². The molecule has 2 atom stereocenters. The zero-order valence-electron chi connectivity index (χ0n) is 12.2. The van der Waals surface area contributed by atoms with Gasteiger partial charge in [-0.25, -0.2) is 0 Å². The lowest BCUT2D eigenvalue weighted by atomic mass is 9.97. The van der Waals surface area contributed by atoms with Crippen LogP contribution in [-0.4, -0.2) is 29.3 Å². The van der Waals surface area contributed by atoms with Gasteiger partial charge in [-0.3, -0.25) is 9.89 Å². The van der Waals surface area contributed by atoms with Crippen LogP contribution in [0.3, 0.4) is 0 Å². The maximum atomic E-state index is 12.2. The second-order valence-electron chi connectivity index (χ2n) is 6.05. The summed E-state index contributed by atoms with van der Waals surface area (Å²) in [6.07, 6.45) is 4.49. The molecule has 2 N–H and O–H groups in total. The van der Waals surface area contributed by atoms with E-state index >= 15 is 0 Å². The number of hydrogen-bond donors (Lipinski definition) is 2. The first kappa shape index (κ1) is 13.6. The molecular formula is C16H19N3O3. The average Bonchev–Trinajstić information content (AvgIpc) is 2.97. The van der Waals surface area contributed by atoms with E-state index in [1.165, 1.54) is 0 Å². The molecule has 4 rings (SSSR count). The third-order valence-electron chi connectivity index (χ3n) is 4.55. The van der Waals surface area contributed by atoms with E-state index in [0.717, 1.165) is 43.9 Å². The van der Waals surface area contributed by atoms with Crippen molar-refractivity contribution in [1.29, 1.82) is 0 Å². The highest BCUT2D eigenvalue weighted by molar-refractivity contribution is 5.94. The largest absolute Gasteiger partial charge is 0.469 e. The number of carbonyl (C=O) groups is 1. The van der Waals surface area contributed by atoms with Gasteiger partial charge in [-0.2, -0.15) is 5.10 Å². The normalized spacial score (nSPS) is 25.1. The van der Waals surface area contributed by atoms with Crippen molar-refractivity contribution in [3.05, 3.63) is 35.9 Å². The topological polar surface area (TPSA) is 80.1 Å². The minimum absolute atomic E-state index is 0.00520. The monoisotopic (exact) mass is 301 g/mol. The summed E-state index contributed by atoms with van der Waals surface area (Å²) < 4.78 is 10.7. The van der Waals surface area contributed by atoms with Gasteiger partial charge in [-0.15, -0.1) is 0 Å². The third kappa shape index (κ3) is 2.66. The summed E-state index contributed by atoms with van der Waals surface area (Å²) in [5, 5.41) is 10.1. The van der Waals surface area contributed by atoms with Crippen molar-refractivity contribution in [2.75, 3.05) is 18.5 Å². The first-order valence-corrected chi connectivity index (χ1v) is 7.78. The standard InChI is InChI=1S/C16H19N3O3/c20-16(12-8-11(12)14-2-1-5-22-14)17-15-9-13(18-19-15)10-3-6-21-7-4-10/h1-2,5,9-12H,3-4,6-8H2,(H2,17,18,19,20). The molecule has 2 aromatic rings. The number of nitrogens with one attached hydrogen (secondary N) is 2. The number of H-pyrrole nitrogens is 1. The Morgan fingerprint density at radius 1 is 1.36 bits per heavy atom. The molecule has 1 aliphatic carbocycles. The number of aromatic nitrogens is 2. The quantitative estimate of drug-likeness (QED) is 0.909. The van der Waals surface area contributed by atoms with Crippen LogP contribution in [0, 0.1) is 5.92 Å². The molecule has 2 aliphatic rings. The lowest BCUT2D eigenvalue weighted by Crippen LogP contribution is -2.15. The van der Waals surface area contributed by atoms with Crippen LogP contribution in [0.15, 0.2) is 28.9 Å². The molecule has 2 fully saturated rings. The van der Waals surface area contributed by atoms with Crippen molar-refractivity contribution in [3.8, 4) is 0 Å². The van der Waals surface area contributed by atoms with Gasteiger partial charge in [0.2, 0.25) is 5.91 Å². The maximum Gasteiger partial charge on any atom is 0.229 e. The SMILES string of the molecule is O=C(Nc1cc(C2CCOCC2)[nH]n1)C1CC1c1ccco1. The Morgan fingerprint density at radius 2 is 2.23 bits per heavy atom. The zero-order chi connectivity index (χ0) is 14.9. The molecule has 1 saturated heterocycles. The second kappa shape index (κ2) is 5.61. The molecular weight excluding hydrogens is 282 g/mol. The molecule has 2 unspecified atom stereocenters. The van der Waals surface area contributed by atoms with E-state index in [1.54, 1.807) is 6.26 Å². The summed E-state index contributed by atoms with van der Waals surface area (Å²) in [6.45, 7) is 1.58. The van der Waals surface area contributed by atoms with Gasteiger partial charge in [0.25, 0.3) is 0 Å². The summed E-state index contributed by atoms with van der Waals surface area (Å²) in [5.74, 6) is 2.18. The van der Waals surface area contributed by atoms with E-state index in [4.69, 9.17) is 9.15 Å². The summed E-state index contributed by atoms with van der Waals surface area (Å²) in [7, 11) is 0. The van der Waals surface area contributed by atoms with Crippen molar-refractivity contribution in [3.63, 3.8) is 0 Å². The summed E-state index contributed by atoms with van der Waals surface area (Å²) >= 11 is 0. The highest BCUT2D eigenvalue weighted by Gasteiger charge is 2.46. The molecule has 1 amide bonds. The molecule has 1 saturated carbocycles. The molecule has 6 heteroatoms. The molecule has 0 aromatic carbocycles. The Bertz CT molecular complexity index is 643. The molecule has 0 radical (unpaired) electrons. The van der Waals surface area contributed by atoms with Gasteiger partial charge >= 0.3 is 0 Å². The molecule has 0 bridgehead atoms. The van der Waals surface area contributed by atoms with E-state index in [-0.39, 0.29) is 17.7 Å². The Kier molecular flexibility index (Phi) is 3.46. The second-order valence-corrected chi connectivity index (χ2v) is 6.05. The van der Waals surface area contributed by atoms with E-state index in [9.17, 15) is 4.79 Å². The number of hydrogen-bond acceptors (Lipinski definition) is 4. The van der Waals surface area contributed by atoms with Crippen LogP contribution in [-0.2, 0) is 9.53 Å². The first-order chi connectivity index (χ1) is 10.8. The molecule has 0 spiro atoms. The fraction of sp³-hybridized carbons (Fsp3) is 0.500. The van der Waals surface area contributed by atoms with Gasteiger partial charge in [-0.05, 0) is 31.4 Å². The fourth-order valence-electron chi connectivity index (χ4n) is 3.14. The Balaban J connectivity index is 1.36. The molecule has 3 heterocycles. The summed E-state index contributed by atoms with van der Waals surface area (Å²) in [5.41, 5.74) is 1.08. The molecule has 1 aliphatic heterocycles. The van der Waals surface area contributed by atoms with Gasteiger partial charge < -0.3 is 14.5 Å². The lowest BCUT2D eigenvalue weighted by Gasteiger charge is -2.20. The van der Waals surface area contributed by atoms with Crippen LogP contribution >= 0.6 is 0 Å². The number of ether oxygens (including phenoxy) is 1. The van der Waals surface area contributed by atoms with Gasteiger partial charge in [-0.1, -0.05) is 0 Å². The van der Waals surface area contributed by atoms with Crippen LogP contribution in [0.4, 0.5) is 5.82 Å². The van der Waals surface area contributed by atoms with E-state index in [2.05, 4.69) is 15.5 Å². The van der Waals surface area contributed by atoms with Crippen molar-refractivity contribution < 1.29 is 13.9 Å². The van der Waals surface area contributed by atoms with Crippen molar-refractivity contribution >= 4 is 11.7 Å². The summed E-state index contributed by atoms with van der Waals surface area (Å²) in [6, 6.07) is 5.73. The molecule has 22 heavy (non-hydrogen) atoms. The van der Waals surface area contributed by atoms with Crippen LogP contribution in [0.25, 0.3) is 0 Å². The molecule has 6 nitrogen and oxygen atoms in total. The minimum atomic E-state index is -0.00520. The zero-order valence-corrected chi connectivity index (χ0v) is 12.2. The Morgan fingerprint density at radius 3 is 3.00 bits per heavy atom. The summed E-state index contributed by atoms with van der Waals surface area (Å²) in [4.78, 5) is 12.2. The van der Waals surface area contributed by atoms with Gasteiger partial charge in [0.1, 0.15) is 5.76 Å². The number of furan rings is 1. The number of nitrogens with zero attached hydrogens (tertiary/aromatic N) is 1. The Hall–Kier alpha value is -2.08. The van der Waals surface area contributed by atoms with Crippen molar-refractivity contribution in [2.45, 2.75) is 31.1 Å². The van der Waals surface area contributed by atoms with Crippen molar-refractivity contribution in [2.24, 2.45) is 5.92 Å². The minimum Gasteiger partial charge on any atom is -0.469 e. The molecule has 2 aromatic heterocycles. The third-order valence-corrected chi connectivity index (χ3v) is 4.55. The van der Waals surface area contributed by atoms with E-state index in [1.807, 2.05) is 18.2 Å².